The molecular formula is C15H24BrN3O. The topological polar surface area (TPSA) is 38.2 Å². The summed E-state index contributed by atoms with van der Waals surface area (Å²) in [7, 11) is 0. The molecule has 0 radical (unpaired) electrons. The van der Waals surface area contributed by atoms with Gasteiger partial charge in [0.05, 0.1) is 6.61 Å². The van der Waals surface area contributed by atoms with Crippen molar-refractivity contribution in [2.45, 2.75) is 51.5 Å². The van der Waals surface area contributed by atoms with Gasteiger partial charge in [0.2, 0.25) is 5.88 Å². The van der Waals surface area contributed by atoms with Crippen LogP contribution in [-0.4, -0.2) is 34.5 Å². The summed E-state index contributed by atoms with van der Waals surface area (Å²) in [6, 6.07) is 2.59. The Balaban J connectivity index is 2.10. The summed E-state index contributed by atoms with van der Waals surface area (Å²) in [4.78, 5) is 11.1. The molecule has 0 N–H and O–H groups in total. The van der Waals surface area contributed by atoms with Gasteiger partial charge in [0, 0.05) is 24.0 Å². The molecule has 20 heavy (non-hydrogen) atoms. The molecule has 1 aromatic rings. The van der Waals surface area contributed by atoms with E-state index in [0.717, 1.165) is 24.1 Å². The average molecular weight is 342 g/mol. The number of hydrogen-bond acceptors (Lipinski definition) is 4. The zero-order valence-corrected chi connectivity index (χ0v) is 13.8. The Labute approximate surface area is 130 Å². The van der Waals surface area contributed by atoms with Crippen molar-refractivity contribution in [3.8, 4) is 5.88 Å². The van der Waals surface area contributed by atoms with Crippen LogP contribution in [0.2, 0.25) is 0 Å². The maximum absolute atomic E-state index is 5.62. The first-order chi connectivity index (χ1) is 9.85. The number of rotatable bonds is 7. The third kappa shape index (κ3) is 4.33. The van der Waals surface area contributed by atoms with Crippen molar-refractivity contribution in [2.75, 3.05) is 23.4 Å². The van der Waals surface area contributed by atoms with Crippen LogP contribution in [0.3, 0.4) is 0 Å². The van der Waals surface area contributed by atoms with Crippen LogP contribution in [-0.2, 0) is 0 Å². The van der Waals surface area contributed by atoms with Crippen LogP contribution in [0.25, 0.3) is 0 Å². The highest BCUT2D eigenvalue weighted by Gasteiger charge is 2.22. The minimum absolute atomic E-state index is 0.607. The van der Waals surface area contributed by atoms with Crippen molar-refractivity contribution in [1.29, 1.82) is 0 Å². The van der Waals surface area contributed by atoms with Crippen molar-refractivity contribution in [3.63, 3.8) is 0 Å². The molecule has 1 aliphatic rings. The molecule has 1 heterocycles. The van der Waals surface area contributed by atoms with E-state index in [2.05, 4.69) is 37.7 Å². The second-order valence-electron chi connectivity index (χ2n) is 5.24. The van der Waals surface area contributed by atoms with Crippen LogP contribution >= 0.6 is 15.9 Å². The number of nitrogens with zero attached hydrogens (tertiary/aromatic N) is 3. The minimum atomic E-state index is 0.607. The van der Waals surface area contributed by atoms with E-state index in [-0.39, 0.29) is 0 Å². The van der Waals surface area contributed by atoms with Crippen molar-refractivity contribution >= 4 is 21.7 Å². The Morgan fingerprint density at radius 2 is 2.10 bits per heavy atom. The van der Waals surface area contributed by atoms with Gasteiger partial charge >= 0.3 is 0 Å². The molecule has 1 fully saturated rings. The zero-order chi connectivity index (χ0) is 14.2. The van der Waals surface area contributed by atoms with Gasteiger partial charge in [0.1, 0.15) is 12.1 Å². The molecule has 0 atom stereocenters. The van der Waals surface area contributed by atoms with Gasteiger partial charge in [-0.25, -0.2) is 9.97 Å². The van der Waals surface area contributed by atoms with Crippen molar-refractivity contribution in [2.24, 2.45) is 0 Å². The van der Waals surface area contributed by atoms with Crippen molar-refractivity contribution in [3.05, 3.63) is 12.4 Å². The molecule has 0 aliphatic heterocycles. The predicted octanol–water partition coefficient (Wildman–Crippen LogP) is 3.80. The van der Waals surface area contributed by atoms with Crippen molar-refractivity contribution in [1.82, 2.24) is 9.97 Å². The number of halogens is 1. The molecule has 4 nitrogen and oxygen atoms in total. The molecule has 0 saturated heterocycles. The fourth-order valence-electron chi connectivity index (χ4n) is 2.74. The summed E-state index contributed by atoms with van der Waals surface area (Å²) >= 11 is 3.56. The average Bonchev–Trinajstić information content (AvgIpc) is 2.52. The third-order valence-electron chi connectivity index (χ3n) is 3.72. The molecule has 0 spiro atoms. The second kappa shape index (κ2) is 8.45. The molecule has 0 bridgehead atoms. The van der Waals surface area contributed by atoms with E-state index in [1.807, 2.05) is 6.07 Å². The fraction of sp³-hybridized carbons (Fsp3) is 0.733. The molecule has 2 rings (SSSR count). The quantitative estimate of drug-likeness (QED) is 0.707. The maximum Gasteiger partial charge on any atom is 0.218 e. The van der Waals surface area contributed by atoms with Gasteiger partial charge in [-0.05, 0) is 19.3 Å². The molecule has 0 amide bonds. The van der Waals surface area contributed by atoms with Crippen LogP contribution in [0, 0.1) is 0 Å². The largest absolute Gasteiger partial charge is 0.478 e. The first kappa shape index (κ1) is 15.5. The highest BCUT2D eigenvalue weighted by atomic mass is 79.9. The summed E-state index contributed by atoms with van der Waals surface area (Å²) in [5, 5.41) is 0.957. The van der Waals surface area contributed by atoms with Gasteiger partial charge in [0.25, 0.3) is 0 Å². The lowest BCUT2D eigenvalue weighted by Gasteiger charge is -2.34. The Hall–Kier alpha value is -0.840. The van der Waals surface area contributed by atoms with E-state index in [4.69, 9.17) is 4.74 Å². The van der Waals surface area contributed by atoms with Crippen molar-refractivity contribution < 1.29 is 4.74 Å². The lowest BCUT2D eigenvalue weighted by Crippen LogP contribution is -2.38. The Kier molecular flexibility index (Phi) is 6.57. The molecule has 0 unspecified atom stereocenters. The van der Waals surface area contributed by atoms with E-state index >= 15 is 0 Å². The zero-order valence-electron chi connectivity index (χ0n) is 12.2. The van der Waals surface area contributed by atoms with Crippen LogP contribution in [0.15, 0.2) is 12.4 Å². The number of hydrogen-bond donors (Lipinski definition) is 0. The van der Waals surface area contributed by atoms with Crippen LogP contribution in [0.4, 0.5) is 5.82 Å². The molecular weight excluding hydrogens is 318 g/mol. The Morgan fingerprint density at radius 1 is 1.30 bits per heavy atom. The molecule has 1 saturated carbocycles. The molecule has 1 aliphatic carbocycles. The third-order valence-corrected chi connectivity index (χ3v) is 4.07. The maximum atomic E-state index is 5.62. The van der Waals surface area contributed by atoms with Gasteiger partial charge < -0.3 is 9.64 Å². The summed E-state index contributed by atoms with van der Waals surface area (Å²) in [6.07, 6.45) is 9.16. The van der Waals surface area contributed by atoms with Crippen LogP contribution in [0.5, 0.6) is 5.88 Å². The monoisotopic (exact) mass is 341 g/mol. The first-order valence-corrected chi connectivity index (χ1v) is 8.74. The van der Waals surface area contributed by atoms with Gasteiger partial charge in [-0.1, -0.05) is 42.1 Å². The fourth-order valence-corrected chi connectivity index (χ4v) is 3.12. The second-order valence-corrected chi connectivity index (χ2v) is 6.03. The standard InChI is InChI=1S/C15H24BrN3O/c1-2-10-20-15-11-14(17-12-18-15)19(9-8-16)13-6-4-3-5-7-13/h11-13H,2-10H2,1H3. The highest BCUT2D eigenvalue weighted by molar-refractivity contribution is 9.09. The number of anilines is 1. The summed E-state index contributed by atoms with van der Waals surface area (Å²) in [5.41, 5.74) is 0. The minimum Gasteiger partial charge on any atom is -0.478 e. The number of ether oxygens (including phenoxy) is 1. The SMILES string of the molecule is CCCOc1cc(N(CCBr)C2CCCCC2)ncn1. The molecule has 112 valence electrons. The van der Waals surface area contributed by atoms with E-state index in [9.17, 15) is 0 Å². The number of aromatic nitrogens is 2. The van der Waals surface area contributed by atoms with E-state index in [1.165, 1.54) is 32.1 Å². The van der Waals surface area contributed by atoms with E-state index in [0.29, 0.717) is 18.5 Å². The van der Waals surface area contributed by atoms with Crippen LogP contribution < -0.4 is 9.64 Å². The van der Waals surface area contributed by atoms with Gasteiger partial charge in [-0.2, -0.15) is 0 Å². The van der Waals surface area contributed by atoms with Gasteiger partial charge in [-0.15, -0.1) is 0 Å². The highest BCUT2D eigenvalue weighted by Crippen LogP contribution is 2.27. The Morgan fingerprint density at radius 3 is 2.80 bits per heavy atom. The van der Waals surface area contributed by atoms with Gasteiger partial charge in [0.15, 0.2) is 0 Å². The predicted molar refractivity (Wildman–Crippen MR) is 85.8 cm³/mol. The lowest BCUT2D eigenvalue weighted by atomic mass is 9.94. The summed E-state index contributed by atoms with van der Waals surface area (Å²) < 4.78 is 5.62. The molecule has 0 aromatic carbocycles. The molecule has 1 aromatic heterocycles. The first-order valence-electron chi connectivity index (χ1n) is 7.62. The summed E-state index contributed by atoms with van der Waals surface area (Å²) in [5.74, 6) is 1.68. The van der Waals surface area contributed by atoms with E-state index < -0.39 is 0 Å². The number of alkyl halides is 1. The smallest absolute Gasteiger partial charge is 0.218 e. The van der Waals surface area contributed by atoms with Gasteiger partial charge in [-0.3, -0.25) is 0 Å². The lowest BCUT2D eigenvalue weighted by molar-refractivity contribution is 0.304. The summed E-state index contributed by atoms with van der Waals surface area (Å²) in [6.45, 7) is 3.79. The van der Waals surface area contributed by atoms with E-state index in [1.54, 1.807) is 6.33 Å². The normalized spacial score (nSPS) is 16.1. The molecule has 5 heteroatoms. The Bertz CT molecular complexity index is 396. The van der Waals surface area contributed by atoms with Crippen LogP contribution in [0.1, 0.15) is 45.4 Å².